The maximum absolute atomic E-state index is 12.2. The zero-order valence-electron chi connectivity index (χ0n) is 9.63. The summed E-state index contributed by atoms with van der Waals surface area (Å²) < 4.78 is 1.85. The Morgan fingerprint density at radius 2 is 2.25 bits per heavy atom. The number of fused-ring (bicyclic) bond motifs is 1. The van der Waals surface area contributed by atoms with Crippen molar-refractivity contribution in [3.8, 4) is 0 Å². The zero-order chi connectivity index (χ0) is 11.5. The van der Waals surface area contributed by atoms with Crippen LogP contribution >= 0.6 is 11.6 Å². The standard InChI is InChI=1S/C12H17ClN2O/c1-9-10(5-4-7-13)12(16)15-8-3-2-6-11(15)14-9/h2-8H2,1H3. The molecule has 16 heavy (non-hydrogen) atoms. The van der Waals surface area contributed by atoms with Crippen LogP contribution in [-0.2, 0) is 19.4 Å². The molecule has 0 aliphatic carbocycles. The molecule has 0 unspecified atom stereocenters. The van der Waals surface area contributed by atoms with Gasteiger partial charge >= 0.3 is 0 Å². The van der Waals surface area contributed by atoms with E-state index < -0.39 is 0 Å². The molecule has 0 bridgehead atoms. The summed E-state index contributed by atoms with van der Waals surface area (Å²) in [5.74, 6) is 1.56. The molecule has 3 nitrogen and oxygen atoms in total. The molecule has 0 saturated carbocycles. The zero-order valence-corrected chi connectivity index (χ0v) is 10.4. The van der Waals surface area contributed by atoms with E-state index in [0.29, 0.717) is 5.88 Å². The lowest BCUT2D eigenvalue weighted by atomic mass is 10.1. The van der Waals surface area contributed by atoms with Crippen LogP contribution in [0, 0.1) is 6.92 Å². The lowest BCUT2D eigenvalue weighted by Crippen LogP contribution is -2.32. The molecular formula is C12H17ClN2O. The third kappa shape index (κ3) is 2.14. The van der Waals surface area contributed by atoms with Gasteiger partial charge in [-0.15, -0.1) is 11.6 Å². The Morgan fingerprint density at radius 1 is 1.44 bits per heavy atom. The Labute approximate surface area is 100 Å². The fraction of sp³-hybridized carbons (Fsp3) is 0.667. The highest BCUT2D eigenvalue weighted by Crippen LogP contribution is 2.13. The van der Waals surface area contributed by atoms with Gasteiger partial charge in [0.05, 0.1) is 0 Å². The van der Waals surface area contributed by atoms with E-state index in [-0.39, 0.29) is 5.56 Å². The largest absolute Gasteiger partial charge is 0.296 e. The van der Waals surface area contributed by atoms with E-state index in [1.807, 2.05) is 11.5 Å². The van der Waals surface area contributed by atoms with Gasteiger partial charge in [0.1, 0.15) is 5.82 Å². The predicted molar refractivity (Wildman–Crippen MR) is 65.2 cm³/mol. The molecule has 0 atom stereocenters. The van der Waals surface area contributed by atoms with E-state index in [4.69, 9.17) is 11.6 Å². The Kier molecular flexibility index (Phi) is 3.64. The minimum absolute atomic E-state index is 0.160. The minimum Gasteiger partial charge on any atom is -0.296 e. The number of alkyl halides is 1. The smallest absolute Gasteiger partial charge is 0.256 e. The molecule has 0 fully saturated rings. The first-order chi connectivity index (χ1) is 7.74. The van der Waals surface area contributed by atoms with Gasteiger partial charge in [0, 0.05) is 30.1 Å². The average Bonchev–Trinajstić information content (AvgIpc) is 2.29. The quantitative estimate of drug-likeness (QED) is 0.758. The van der Waals surface area contributed by atoms with E-state index in [9.17, 15) is 4.79 Å². The molecule has 0 N–H and O–H groups in total. The van der Waals surface area contributed by atoms with Crippen molar-refractivity contribution in [2.45, 2.75) is 45.6 Å². The second-order valence-corrected chi connectivity index (χ2v) is 4.68. The number of nitrogens with zero attached hydrogens (tertiary/aromatic N) is 2. The van der Waals surface area contributed by atoms with Gasteiger partial charge in [-0.3, -0.25) is 9.36 Å². The molecule has 2 rings (SSSR count). The summed E-state index contributed by atoms with van der Waals surface area (Å²) in [6, 6.07) is 0. The third-order valence-corrected chi connectivity index (χ3v) is 3.41. The summed E-state index contributed by atoms with van der Waals surface area (Å²) in [5.41, 5.74) is 1.90. The molecule has 1 aromatic rings. The maximum atomic E-state index is 12.2. The van der Waals surface area contributed by atoms with Gasteiger partial charge in [0.25, 0.3) is 5.56 Å². The first-order valence-corrected chi connectivity index (χ1v) is 6.42. The van der Waals surface area contributed by atoms with Crippen LogP contribution < -0.4 is 5.56 Å². The van der Waals surface area contributed by atoms with Gasteiger partial charge in [-0.2, -0.15) is 0 Å². The van der Waals surface area contributed by atoms with Crippen molar-refractivity contribution in [3.05, 3.63) is 27.4 Å². The number of rotatable bonds is 3. The fourth-order valence-corrected chi connectivity index (χ4v) is 2.40. The van der Waals surface area contributed by atoms with Gasteiger partial charge in [-0.05, 0) is 32.6 Å². The van der Waals surface area contributed by atoms with Crippen LogP contribution in [0.25, 0.3) is 0 Å². The lowest BCUT2D eigenvalue weighted by Gasteiger charge is -2.19. The second-order valence-electron chi connectivity index (χ2n) is 4.30. The second kappa shape index (κ2) is 5.00. The highest BCUT2D eigenvalue weighted by molar-refractivity contribution is 6.17. The van der Waals surface area contributed by atoms with Crippen molar-refractivity contribution in [2.24, 2.45) is 0 Å². The van der Waals surface area contributed by atoms with E-state index in [1.54, 1.807) is 0 Å². The molecule has 0 saturated heterocycles. The third-order valence-electron chi connectivity index (χ3n) is 3.14. The number of aromatic nitrogens is 2. The first kappa shape index (κ1) is 11.6. The van der Waals surface area contributed by atoms with Crippen molar-refractivity contribution in [1.82, 2.24) is 9.55 Å². The van der Waals surface area contributed by atoms with Gasteiger partial charge < -0.3 is 0 Å². The number of halogens is 1. The molecular weight excluding hydrogens is 224 g/mol. The van der Waals surface area contributed by atoms with Crippen molar-refractivity contribution < 1.29 is 0 Å². The maximum Gasteiger partial charge on any atom is 0.256 e. The van der Waals surface area contributed by atoms with Gasteiger partial charge in [0.15, 0.2) is 0 Å². The van der Waals surface area contributed by atoms with Gasteiger partial charge in [0.2, 0.25) is 0 Å². The van der Waals surface area contributed by atoms with Crippen molar-refractivity contribution in [2.75, 3.05) is 5.88 Å². The molecule has 0 amide bonds. The highest BCUT2D eigenvalue weighted by Gasteiger charge is 2.16. The molecule has 1 aromatic heterocycles. The van der Waals surface area contributed by atoms with Gasteiger partial charge in [-0.1, -0.05) is 0 Å². The van der Waals surface area contributed by atoms with E-state index in [1.165, 1.54) is 0 Å². The Bertz CT molecular complexity index is 439. The van der Waals surface area contributed by atoms with Crippen molar-refractivity contribution >= 4 is 11.6 Å². The fourth-order valence-electron chi connectivity index (χ4n) is 2.26. The monoisotopic (exact) mass is 240 g/mol. The number of hydrogen-bond acceptors (Lipinski definition) is 2. The van der Waals surface area contributed by atoms with Crippen LogP contribution in [0.15, 0.2) is 4.79 Å². The summed E-state index contributed by atoms with van der Waals surface area (Å²) in [6.07, 6.45) is 4.77. The average molecular weight is 241 g/mol. The van der Waals surface area contributed by atoms with Crippen LogP contribution in [0.1, 0.15) is 36.3 Å². The number of aryl methyl sites for hydroxylation is 2. The lowest BCUT2D eigenvalue weighted by molar-refractivity contribution is 0.489. The first-order valence-electron chi connectivity index (χ1n) is 5.89. The summed E-state index contributed by atoms with van der Waals surface area (Å²) in [7, 11) is 0. The molecule has 0 aromatic carbocycles. The van der Waals surface area contributed by atoms with Crippen LogP contribution in [0.3, 0.4) is 0 Å². The van der Waals surface area contributed by atoms with E-state index in [2.05, 4.69) is 4.98 Å². The van der Waals surface area contributed by atoms with Gasteiger partial charge in [-0.25, -0.2) is 4.98 Å². The Balaban J connectivity index is 2.42. The topological polar surface area (TPSA) is 34.9 Å². The molecule has 4 heteroatoms. The predicted octanol–water partition coefficient (Wildman–Crippen LogP) is 2.06. The molecule has 88 valence electrons. The van der Waals surface area contributed by atoms with Crippen LogP contribution in [0.2, 0.25) is 0 Å². The molecule has 2 heterocycles. The molecule has 1 aliphatic heterocycles. The van der Waals surface area contributed by atoms with Crippen LogP contribution in [0.5, 0.6) is 0 Å². The summed E-state index contributed by atoms with van der Waals surface area (Å²) in [4.78, 5) is 16.8. The van der Waals surface area contributed by atoms with Crippen molar-refractivity contribution in [3.63, 3.8) is 0 Å². The normalized spacial score (nSPS) is 14.9. The van der Waals surface area contributed by atoms with Crippen LogP contribution in [-0.4, -0.2) is 15.4 Å². The summed E-state index contributed by atoms with van der Waals surface area (Å²) >= 11 is 5.67. The van der Waals surface area contributed by atoms with E-state index in [0.717, 1.165) is 55.7 Å². The summed E-state index contributed by atoms with van der Waals surface area (Å²) in [5, 5.41) is 0. The van der Waals surface area contributed by atoms with Crippen LogP contribution in [0.4, 0.5) is 0 Å². The number of hydrogen-bond donors (Lipinski definition) is 0. The molecule has 0 radical (unpaired) electrons. The Morgan fingerprint density at radius 3 is 3.00 bits per heavy atom. The van der Waals surface area contributed by atoms with Crippen molar-refractivity contribution in [1.29, 1.82) is 0 Å². The molecule has 1 aliphatic rings. The Hall–Kier alpha value is -0.830. The summed E-state index contributed by atoms with van der Waals surface area (Å²) in [6.45, 7) is 2.76. The highest BCUT2D eigenvalue weighted by atomic mass is 35.5. The minimum atomic E-state index is 0.160. The SMILES string of the molecule is Cc1nc2n(c(=O)c1CCCCl)CCCC2. The molecule has 0 spiro atoms. The van der Waals surface area contributed by atoms with E-state index >= 15 is 0 Å².